The molecule has 1 rings (SSSR count). The first-order chi connectivity index (χ1) is 7.15. The molecule has 0 radical (unpaired) electrons. The molecule has 1 aromatic rings. The molecule has 0 fully saturated rings. The first kappa shape index (κ1) is 11.6. The van der Waals surface area contributed by atoms with Gasteiger partial charge in [0.05, 0.1) is 6.61 Å². The van der Waals surface area contributed by atoms with E-state index in [9.17, 15) is 9.90 Å². The lowest BCUT2D eigenvalue weighted by atomic mass is 10.1. The zero-order valence-corrected chi connectivity index (χ0v) is 9.06. The van der Waals surface area contributed by atoms with E-state index in [-0.39, 0.29) is 11.3 Å². The van der Waals surface area contributed by atoms with Gasteiger partial charge in [0, 0.05) is 0 Å². The summed E-state index contributed by atoms with van der Waals surface area (Å²) in [4.78, 5) is 11.5. The number of aromatic hydroxyl groups is 1. The number of hydrogen-bond acceptors (Lipinski definition) is 3. The number of benzene rings is 1. The van der Waals surface area contributed by atoms with E-state index in [1.54, 1.807) is 18.2 Å². The van der Waals surface area contributed by atoms with Crippen molar-refractivity contribution in [1.29, 1.82) is 0 Å². The van der Waals surface area contributed by atoms with Crippen LogP contribution < -0.4 is 0 Å². The molecule has 0 saturated heterocycles. The predicted molar refractivity (Wildman–Crippen MR) is 57.8 cm³/mol. The maximum Gasteiger partial charge on any atom is 0.341 e. The predicted octanol–water partition coefficient (Wildman–Crippen LogP) is 2.60. The Morgan fingerprint density at radius 2 is 2.13 bits per heavy atom. The highest BCUT2D eigenvalue weighted by atomic mass is 16.5. The van der Waals surface area contributed by atoms with Crippen LogP contribution in [-0.2, 0) is 4.74 Å². The van der Waals surface area contributed by atoms with E-state index in [0.29, 0.717) is 12.5 Å². The van der Waals surface area contributed by atoms with E-state index < -0.39 is 5.97 Å². The number of rotatable bonds is 4. The van der Waals surface area contributed by atoms with Gasteiger partial charge < -0.3 is 9.84 Å². The Kier molecular flexibility index (Phi) is 4.16. The van der Waals surface area contributed by atoms with Crippen molar-refractivity contribution in [1.82, 2.24) is 0 Å². The Bertz CT molecular complexity index is 333. The van der Waals surface area contributed by atoms with Crippen LogP contribution >= 0.6 is 0 Å². The Morgan fingerprint density at radius 3 is 2.73 bits per heavy atom. The minimum atomic E-state index is -0.464. The maximum absolute atomic E-state index is 11.5. The van der Waals surface area contributed by atoms with Gasteiger partial charge in [0.15, 0.2) is 0 Å². The summed E-state index contributed by atoms with van der Waals surface area (Å²) in [5, 5.41) is 9.40. The van der Waals surface area contributed by atoms with Gasteiger partial charge in [-0.05, 0) is 18.1 Å². The van der Waals surface area contributed by atoms with Gasteiger partial charge in [-0.3, -0.25) is 0 Å². The summed E-state index contributed by atoms with van der Waals surface area (Å²) in [6.07, 6.45) is 0.966. The zero-order chi connectivity index (χ0) is 11.3. The van der Waals surface area contributed by atoms with E-state index in [0.717, 1.165) is 6.42 Å². The van der Waals surface area contributed by atoms with Crippen LogP contribution in [0, 0.1) is 5.92 Å². The topological polar surface area (TPSA) is 46.5 Å². The van der Waals surface area contributed by atoms with Crippen molar-refractivity contribution < 1.29 is 14.6 Å². The molecule has 0 aromatic heterocycles. The Morgan fingerprint density at radius 1 is 1.47 bits per heavy atom. The lowest BCUT2D eigenvalue weighted by Gasteiger charge is -2.09. The number of phenols is 1. The van der Waals surface area contributed by atoms with Crippen LogP contribution in [0.5, 0.6) is 5.75 Å². The molecule has 0 heterocycles. The van der Waals surface area contributed by atoms with Crippen LogP contribution in [0.15, 0.2) is 24.3 Å². The molecule has 0 saturated carbocycles. The van der Waals surface area contributed by atoms with Crippen LogP contribution in [-0.4, -0.2) is 17.7 Å². The highest BCUT2D eigenvalue weighted by molar-refractivity contribution is 5.92. The summed E-state index contributed by atoms with van der Waals surface area (Å²) in [6.45, 7) is 4.44. The van der Waals surface area contributed by atoms with Gasteiger partial charge in [-0.15, -0.1) is 0 Å². The van der Waals surface area contributed by atoms with Gasteiger partial charge in [0.1, 0.15) is 11.3 Å². The van der Waals surface area contributed by atoms with Crippen LogP contribution in [0.4, 0.5) is 0 Å². The molecule has 15 heavy (non-hydrogen) atoms. The number of phenolic OH excluding ortho intramolecular Hbond substituents is 1. The third kappa shape index (κ3) is 3.27. The first-order valence-corrected chi connectivity index (χ1v) is 5.10. The van der Waals surface area contributed by atoms with Crippen LogP contribution in [0.2, 0.25) is 0 Å². The molecule has 82 valence electrons. The minimum absolute atomic E-state index is 0.0355. The second-order valence-electron chi connectivity index (χ2n) is 3.63. The Labute approximate surface area is 89.7 Å². The molecule has 0 spiro atoms. The van der Waals surface area contributed by atoms with E-state index in [2.05, 4.69) is 0 Å². The van der Waals surface area contributed by atoms with Gasteiger partial charge in [-0.1, -0.05) is 32.4 Å². The fourth-order valence-electron chi connectivity index (χ4n) is 1.06. The number of carbonyl (C=O) groups excluding carboxylic acids is 1. The zero-order valence-electron chi connectivity index (χ0n) is 9.06. The summed E-state index contributed by atoms with van der Waals surface area (Å²) in [5.41, 5.74) is 0.223. The largest absolute Gasteiger partial charge is 0.507 e. The highest BCUT2D eigenvalue weighted by Gasteiger charge is 2.12. The molecule has 0 bridgehead atoms. The van der Waals surface area contributed by atoms with Gasteiger partial charge >= 0.3 is 5.97 Å². The molecule has 1 unspecified atom stereocenters. The first-order valence-electron chi connectivity index (χ1n) is 5.10. The van der Waals surface area contributed by atoms with Crippen molar-refractivity contribution in [3.8, 4) is 5.75 Å². The number of carbonyl (C=O) groups is 1. The van der Waals surface area contributed by atoms with Crippen molar-refractivity contribution in [3.05, 3.63) is 29.8 Å². The number of para-hydroxylation sites is 1. The van der Waals surface area contributed by atoms with Crippen molar-refractivity contribution in [3.63, 3.8) is 0 Å². The summed E-state index contributed by atoms with van der Waals surface area (Å²) in [6, 6.07) is 6.38. The third-order valence-corrected chi connectivity index (χ3v) is 2.32. The molecule has 0 aliphatic carbocycles. The third-order valence-electron chi connectivity index (χ3n) is 2.32. The Hall–Kier alpha value is -1.51. The summed E-state index contributed by atoms with van der Waals surface area (Å²) in [5.74, 6) is -0.153. The second kappa shape index (κ2) is 5.39. The second-order valence-corrected chi connectivity index (χ2v) is 3.63. The van der Waals surface area contributed by atoms with Gasteiger partial charge in [0.25, 0.3) is 0 Å². The molecule has 3 heteroatoms. The fraction of sp³-hybridized carbons (Fsp3) is 0.417. The summed E-state index contributed by atoms with van der Waals surface area (Å²) in [7, 11) is 0. The lowest BCUT2D eigenvalue weighted by molar-refractivity contribution is 0.0444. The minimum Gasteiger partial charge on any atom is -0.507 e. The van der Waals surface area contributed by atoms with Crippen LogP contribution in [0.1, 0.15) is 30.6 Å². The average Bonchev–Trinajstić information content (AvgIpc) is 2.26. The maximum atomic E-state index is 11.5. The quantitative estimate of drug-likeness (QED) is 0.773. The van der Waals surface area contributed by atoms with Crippen LogP contribution in [0.25, 0.3) is 0 Å². The molecule has 0 amide bonds. The fourth-order valence-corrected chi connectivity index (χ4v) is 1.06. The van der Waals surface area contributed by atoms with Crippen molar-refractivity contribution in [2.45, 2.75) is 20.3 Å². The summed E-state index contributed by atoms with van der Waals surface area (Å²) < 4.78 is 5.06. The van der Waals surface area contributed by atoms with Crippen LogP contribution in [0.3, 0.4) is 0 Å². The van der Waals surface area contributed by atoms with E-state index in [4.69, 9.17) is 4.74 Å². The lowest BCUT2D eigenvalue weighted by Crippen LogP contribution is -2.11. The molecule has 1 N–H and O–H groups in total. The molecule has 0 aliphatic heterocycles. The monoisotopic (exact) mass is 208 g/mol. The summed E-state index contributed by atoms with van der Waals surface area (Å²) >= 11 is 0. The molecular formula is C12H16O3. The molecule has 1 aromatic carbocycles. The molecule has 3 nitrogen and oxygen atoms in total. The highest BCUT2D eigenvalue weighted by Crippen LogP contribution is 2.17. The standard InChI is InChI=1S/C12H16O3/c1-3-9(2)8-15-12(14)10-6-4-5-7-11(10)13/h4-7,9,13H,3,8H2,1-2H3. The van der Waals surface area contributed by atoms with Crippen molar-refractivity contribution in [2.75, 3.05) is 6.61 Å². The molecule has 1 atom stereocenters. The van der Waals surface area contributed by atoms with Crippen molar-refractivity contribution >= 4 is 5.97 Å². The number of esters is 1. The normalized spacial score (nSPS) is 12.1. The smallest absolute Gasteiger partial charge is 0.341 e. The number of hydrogen-bond donors (Lipinski definition) is 1. The van der Waals surface area contributed by atoms with E-state index in [1.807, 2.05) is 13.8 Å². The van der Waals surface area contributed by atoms with Gasteiger partial charge in [-0.2, -0.15) is 0 Å². The van der Waals surface area contributed by atoms with Crippen molar-refractivity contribution in [2.24, 2.45) is 5.92 Å². The number of ether oxygens (including phenoxy) is 1. The average molecular weight is 208 g/mol. The molecule has 0 aliphatic rings. The van der Waals surface area contributed by atoms with Gasteiger partial charge in [0.2, 0.25) is 0 Å². The van der Waals surface area contributed by atoms with Gasteiger partial charge in [-0.25, -0.2) is 4.79 Å². The van der Waals surface area contributed by atoms with E-state index in [1.165, 1.54) is 6.07 Å². The molecular weight excluding hydrogens is 192 g/mol. The SMILES string of the molecule is CCC(C)COC(=O)c1ccccc1O. The van der Waals surface area contributed by atoms with E-state index >= 15 is 0 Å². The Balaban J connectivity index is 2.58.